The number of ether oxygens (including phenoxy) is 1. The summed E-state index contributed by atoms with van der Waals surface area (Å²) < 4.78 is 6.39. The molecular formula is C40H46N8O2. The van der Waals surface area contributed by atoms with E-state index in [0.29, 0.717) is 44.8 Å². The predicted octanol–water partition coefficient (Wildman–Crippen LogP) is 4.79. The Kier molecular flexibility index (Phi) is 9.02. The van der Waals surface area contributed by atoms with Gasteiger partial charge in [-0.3, -0.25) is 9.69 Å². The highest BCUT2D eigenvalue weighted by atomic mass is 16.5. The number of nitriles is 1. The number of rotatable bonds is 9. The Labute approximate surface area is 294 Å². The topological polar surface area (TPSA) is 91.8 Å². The molecule has 1 aromatic heterocycles. The first-order chi connectivity index (χ1) is 24.5. The zero-order valence-corrected chi connectivity index (χ0v) is 29.2. The highest BCUT2D eigenvalue weighted by molar-refractivity contribution is 5.97. The van der Waals surface area contributed by atoms with Crippen molar-refractivity contribution in [3.63, 3.8) is 0 Å². The predicted molar refractivity (Wildman–Crippen MR) is 195 cm³/mol. The van der Waals surface area contributed by atoms with Crippen LogP contribution in [0, 0.1) is 18.3 Å². The van der Waals surface area contributed by atoms with Gasteiger partial charge in [-0.05, 0) is 62.4 Å². The van der Waals surface area contributed by atoms with Gasteiger partial charge >= 0.3 is 6.01 Å². The number of carbonyl (C=O) groups excluding carboxylic acids is 1. The fourth-order valence-electron chi connectivity index (χ4n) is 8.26. The van der Waals surface area contributed by atoms with E-state index in [4.69, 9.17) is 14.7 Å². The minimum absolute atomic E-state index is 0.118. The number of likely N-dealkylation sites (tertiary alicyclic amines) is 1. The second kappa shape index (κ2) is 13.9. The van der Waals surface area contributed by atoms with Crippen molar-refractivity contribution in [2.45, 2.75) is 63.8 Å². The van der Waals surface area contributed by atoms with Crippen molar-refractivity contribution in [1.29, 1.82) is 5.26 Å². The number of hydrogen-bond donors (Lipinski definition) is 0. The Morgan fingerprint density at radius 2 is 1.78 bits per heavy atom. The Hall–Kier alpha value is -4.72. The molecule has 10 nitrogen and oxygen atoms in total. The third-order valence-corrected chi connectivity index (χ3v) is 11.2. The molecule has 0 bridgehead atoms. The standard InChI is InChI=1S/C40H46N8O2/c1-28-9-6-12-30-13-7-15-35(37(28)30)45-20-17-33-34(25-45)42-40(50-27-32-14-8-19-44(32)2)43-38(33)46-21-22-48(31(24-46)16-18-41)39(49)36-26-47(36)23-29-10-4-3-5-11-29/h3-7,9-13,15,31-32,36H,8,14,16-17,19-27H2,1-2H3/t31?,32?,36?,47-/m0/s1. The van der Waals surface area contributed by atoms with Crippen LogP contribution in [-0.4, -0.2) is 102 Å². The van der Waals surface area contributed by atoms with Crippen molar-refractivity contribution in [1.82, 2.24) is 24.7 Å². The van der Waals surface area contributed by atoms with Gasteiger partial charge in [0.15, 0.2) is 0 Å². The molecule has 4 aromatic rings. The number of carbonyl (C=O) groups is 1. The van der Waals surface area contributed by atoms with Gasteiger partial charge in [-0.1, -0.05) is 60.7 Å². The van der Waals surface area contributed by atoms with Gasteiger partial charge in [0.25, 0.3) is 0 Å². The van der Waals surface area contributed by atoms with E-state index >= 15 is 0 Å². The molecule has 4 atom stereocenters. The monoisotopic (exact) mass is 670 g/mol. The first-order valence-corrected chi connectivity index (χ1v) is 18.1. The molecule has 3 unspecified atom stereocenters. The number of benzene rings is 3. The lowest BCUT2D eigenvalue weighted by atomic mass is 9.99. The van der Waals surface area contributed by atoms with Gasteiger partial charge in [-0.25, -0.2) is 0 Å². The number of nitrogens with zero attached hydrogens (tertiary/aromatic N) is 8. The summed E-state index contributed by atoms with van der Waals surface area (Å²) in [6, 6.07) is 26.1. The smallest absolute Gasteiger partial charge is 0.318 e. The maximum atomic E-state index is 13.8. The largest absolute Gasteiger partial charge is 0.462 e. The zero-order chi connectivity index (χ0) is 34.2. The van der Waals surface area contributed by atoms with E-state index in [9.17, 15) is 10.1 Å². The zero-order valence-electron chi connectivity index (χ0n) is 29.2. The first-order valence-electron chi connectivity index (χ1n) is 18.1. The molecule has 0 spiro atoms. The van der Waals surface area contributed by atoms with Crippen LogP contribution in [0.15, 0.2) is 66.7 Å². The fourth-order valence-corrected chi connectivity index (χ4v) is 8.26. The summed E-state index contributed by atoms with van der Waals surface area (Å²) in [5, 5.41) is 12.4. The van der Waals surface area contributed by atoms with Crippen LogP contribution in [0.5, 0.6) is 6.01 Å². The summed E-state index contributed by atoms with van der Waals surface area (Å²) in [7, 11) is 2.16. The summed E-state index contributed by atoms with van der Waals surface area (Å²) in [4.78, 5) is 35.2. The third-order valence-electron chi connectivity index (χ3n) is 11.2. The van der Waals surface area contributed by atoms with E-state index in [2.05, 4.69) is 88.2 Å². The molecule has 4 aliphatic rings. The number of fused-ring (bicyclic) bond motifs is 2. The van der Waals surface area contributed by atoms with Gasteiger partial charge < -0.3 is 24.3 Å². The normalized spacial score (nSPS) is 23.5. The van der Waals surface area contributed by atoms with Crippen LogP contribution >= 0.6 is 0 Å². The maximum Gasteiger partial charge on any atom is 0.318 e. The van der Waals surface area contributed by atoms with Gasteiger partial charge in [0.1, 0.15) is 18.5 Å². The van der Waals surface area contributed by atoms with Crippen LogP contribution in [-0.2, 0) is 24.3 Å². The van der Waals surface area contributed by atoms with Crippen molar-refractivity contribution in [2.24, 2.45) is 0 Å². The third kappa shape index (κ3) is 6.48. The Morgan fingerprint density at radius 1 is 0.940 bits per heavy atom. The molecule has 8 rings (SSSR count). The SMILES string of the molecule is Cc1cccc2cccc(N3CCc4c(nc(OCC5CCCN5C)nc4N4CCN(C(=O)C5C[N@]5Cc5ccccc5)C(CC#N)C4)C3)c12. The van der Waals surface area contributed by atoms with E-state index in [1.165, 1.54) is 34.0 Å². The van der Waals surface area contributed by atoms with Crippen LogP contribution in [0.4, 0.5) is 11.5 Å². The fraction of sp³-hybridized carbons (Fsp3) is 0.450. The molecule has 1 amide bonds. The molecule has 0 saturated carbocycles. The molecule has 3 fully saturated rings. The number of amides is 1. The van der Waals surface area contributed by atoms with Crippen LogP contribution in [0.1, 0.15) is 41.6 Å². The van der Waals surface area contributed by atoms with Crippen molar-refractivity contribution in [3.8, 4) is 12.1 Å². The molecular weight excluding hydrogens is 624 g/mol. The Bertz CT molecular complexity index is 1910. The van der Waals surface area contributed by atoms with E-state index in [0.717, 1.165) is 56.1 Å². The summed E-state index contributed by atoms with van der Waals surface area (Å²) in [6.07, 6.45) is 3.37. The minimum Gasteiger partial charge on any atom is -0.462 e. The van der Waals surface area contributed by atoms with Crippen LogP contribution in [0.3, 0.4) is 0 Å². The van der Waals surface area contributed by atoms with Crippen molar-refractivity contribution >= 4 is 28.2 Å². The van der Waals surface area contributed by atoms with Gasteiger partial charge in [-0.2, -0.15) is 15.2 Å². The maximum absolute atomic E-state index is 13.8. The first kappa shape index (κ1) is 32.5. The van der Waals surface area contributed by atoms with Crippen molar-refractivity contribution in [2.75, 3.05) is 62.7 Å². The van der Waals surface area contributed by atoms with E-state index < -0.39 is 0 Å². The molecule has 50 heavy (non-hydrogen) atoms. The second-order valence-electron chi connectivity index (χ2n) is 14.4. The summed E-state index contributed by atoms with van der Waals surface area (Å²) in [5.74, 6) is 1.03. The minimum atomic E-state index is -0.207. The molecule has 3 aromatic carbocycles. The number of likely N-dealkylation sites (N-methyl/N-ethyl adjacent to an activating group) is 1. The summed E-state index contributed by atoms with van der Waals surface area (Å²) in [6.45, 7) is 8.63. The Morgan fingerprint density at radius 3 is 2.58 bits per heavy atom. The summed E-state index contributed by atoms with van der Waals surface area (Å²) >= 11 is 0. The lowest BCUT2D eigenvalue weighted by molar-refractivity contribution is -0.134. The molecule has 0 aliphatic carbocycles. The number of hydrogen-bond acceptors (Lipinski definition) is 9. The van der Waals surface area contributed by atoms with Gasteiger partial charge in [0.05, 0.1) is 30.8 Å². The number of aryl methyl sites for hydroxylation is 1. The van der Waals surface area contributed by atoms with Gasteiger partial charge in [0, 0.05) is 61.9 Å². The molecule has 3 saturated heterocycles. The molecule has 4 aliphatic heterocycles. The van der Waals surface area contributed by atoms with Gasteiger partial charge in [-0.15, -0.1) is 0 Å². The van der Waals surface area contributed by atoms with Crippen molar-refractivity contribution < 1.29 is 9.53 Å². The lowest BCUT2D eigenvalue weighted by Gasteiger charge is -2.42. The van der Waals surface area contributed by atoms with E-state index in [1.807, 2.05) is 23.1 Å². The number of aromatic nitrogens is 2. The van der Waals surface area contributed by atoms with Crippen LogP contribution in [0.2, 0.25) is 0 Å². The lowest BCUT2D eigenvalue weighted by Crippen LogP contribution is -2.57. The average Bonchev–Trinajstić information content (AvgIpc) is 3.78. The quantitative estimate of drug-likeness (QED) is 0.233. The highest BCUT2D eigenvalue weighted by Crippen LogP contribution is 2.36. The van der Waals surface area contributed by atoms with Crippen LogP contribution < -0.4 is 14.5 Å². The van der Waals surface area contributed by atoms with E-state index in [1.54, 1.807) is 0 Å². The molecule has 5 heterocycles. The molecule has 10 heteroatoms. The van der Waals surface area contributed by atoms with Crippen molar-refractivity contribution in [3.05, 3.63) is 89.1 Å². The van der Waals surface area contributed by atoms with Crippen LogP contribution in [0.25, 0.3) is 10.8 Å². The molecule has 258 valence electrons. The summed E-state index contributed by atoms with van der Waals surface area (Å²) in [5.41, 5.74) is 5.84. The average molecular weight is 671 g/mol. The molecule has 0 radical (unpaired) electrons. The molecule has 0 N–H and O–H groups in total. The highest BCUT2D eigenvalue weighted by Gasteiger charge is 2.45. The number of anilines is 2. The Balaban J connectivity index is 1.05. The number of piperazine rings is 1. The second-order valence-corrected chi connectivity index (χ2v) is 14.4. The van der Waals surface area contributed by atoms with Gasteiger partial charge in [0.2, 0.25) is 5.91 Å². The van der Waals surface area contributed by atoms with E-state index in [-0.39, 0.29) is 24.4 Å².